The van der Waals surface area contributed by atoms with Crippen LogP contribution in [0.5, 0.6) is 0 Å². The molecule has 0 radical (unpaired) electrons. The molecule has 0 saturated heterocycles. The second-order valence-corrected chi connectivity index (χ2v) is 4.10. The molecule has 2 N–H and O–H groups in total. The molecule has 0 heterocycles. The van der Waals surface area contributed by atoms with Crippen molar-refractivity contribution in [3.05, 3.63) is 0 Å². The molecule has 3 heteroatoms. The van der Waals surface area contributed by atoms with Crippen LogP contribution in [0, 0.1) is 5.92 Å². The van der Waals surface area contributed by atoms with Crippen molar-refractivity contribution in [3.8, 4) is 0 Å². The minimum absolute atomic E-state index is 0.155. The third-order valence-electron chi connectivity index (χ3n) is 2.65. The summed E-state index contributed by atoms with van der Waals surface area (Å²) < 4.78 is 0. The van der Waals surface area contributed by atoms with Crippen molar-refractivity contribution >= 4 is 0 Å². The molecule has 0 amide bonds. The van der Waals surface area contributed by atoms with Gasteiger partial charge in [0.15, 0.2) is 0 Å². The van der Waals surface area contributed by atoms with E-state index in [0.29, 0.717) is 13.1 Å². The standard InChI is InChI=1S/C10H23NO2/c1-5-11(6-7-12)8-10(4,13)9(2)3/h9,12-13H,5-8H2,1-4H3. The highest BCUT2D eigenvalue weighted by Gasteiger charge is 2.26. The monoisotopic (exact) mass is 189 g/mol. The molecule has 0 fully saturated rings. The topological polar surface area (TPSA) is 43.7 Å². The van der Waals surface area contributed by atoms with Crippen LogP contribution in [0.1, 0.15) is 27.7 Å². The Bertz CT molecular complexity index is 135. The van der Waals surface area contributed by atoms with Gasteiger partial charge in [0.25, 0.3) is 0 Å². The van der Waals surface area contributed by atoms with Crippen LogP contribution < -0.4 is 0 Å². The van der Waals surface area contributed by atoms with Crippen LogP contribution in [0.25, 0.3) is 0 Å². The Hall–Kier alpha value is -0.120. The maximum Gasteiger partial charge on any atom is 0.0768 e. The molecule has 0 saturated carbocycles. The van der Waals surface area contributed by atoms with Gasteiger partial charge in [-0.05, 0) is 19.4 Å². The number of aliphatic hydroxyl groups is 2. The highest BCUT2D eigenvalue weighted by molar-refractivity contribution is 4.80. The maximum absolute atomic E-state index is 10.00. The second kappa shape index (κ2) is 5.58. The lowest BCUT2D eigenvalue weighted by Gasteiger charge is -2.33. The smallest absolute Gasteiger partial charge is 0.0768 e. The van der Waals surface area contributed by atoms with Gasteiger partial charge >= 0.3 is 0 Å². The fraction of sp³-hybridized carbons (Fsp3) is 1.00. The molecule has 13 heavy (non-hydrogen) atoms. The molecule has 1 atom stereocenters. The van der Waals surface area contributed by atoms with E-state index in [1.807, 2.05) is 27.7 Å². The minimum Gasteiger partial charge on any atom is -0.395 e. The third kappa shape index (κ3) is 4.60. The van der Waals surface area contributed by atoms with E-state index < -0.39 is 5.60 Å². The maximum atomic E-state index is 10.00. The fourth-order valence-corrected chi connectivity index (χ4v) is 1.13. The van der Waals surface area contributed by atoms with E-state index in [2.05, 4.69) is 4.90 Å². The third-order valence-corrected chi connectivity index (χ3v) is 2.65. The van der Waals surface area contributed by atoms with Crippen LogP contribution in [-0.2, 0) is 0 Å². The minimum atomic E-state index is -0.662. The van der Waals surface area contributed by atoms with Gasteiger partial charge in [-0.3, -0.25) is 4.90 Å². The van der Waals surface area contributed by atoms with Gasteiger partial charge in [0.2, 0.25) is 0 Å². The lowest BCUT2D eigenvalue weighted by Crippen LogP contribution is -2.45. The molecule has 0 aromatic heterocycles. The summed E-state index contributed by atoms with van der Waals surface area (Å²) in [5, 5.41) is 18.8. The number of nitrogens with zero attached hydrogens (tertiary/aromatic N) is 1. The van der Waals surface area contributed by atoms with Crippen molar-refractivity contribution in [2.75, 3.05) is 26.2 Å². The van der Waals surface area contributed by atoms with E-state index in [9.17, 15) is 5.11 Å². The van der Waals surface area contributed by atoms with E-state index in [1.54, 1.807) is 0 Å². The van der Waals surface area contributed by atoms with Gasteiger partial charge in [-0.25, -0.2) is 0 Å². The van der Waals surface area contributed by atoms with E-state index in [0.717, 1.165) is 6.54 Å². The molecule has 0 aliphatic rings. The summed E-state index contributed by atoms with van der Waals surface area (Å²) in [6.07, 6.45) is 0. The number of hydrogen-bond donors (Lipinski definition) is 2. The van der Waals surface area contributed by atoms with Crippen molar-refractivity contribution in [1.82, 2.24) is 4.90 Å². The molecule has 1 unspecified atom stereocenters. The van der Waals surface area contributed by atoms with Gasteiger partial charge in [-0.1, -0.05) is 20.8 Å². The van der Waals surface area contributed by atoms with E-state index >= 15 is 0 Å². The van der Waals surface area contributed by atoms with E-state index in [1.165, 1.54) is 0 Å². The van der Waals surface area contributed by atoms with Crippen LogP contribution in [0.2, 0.25) is 0 Å². The zero-order valence-corrected chi connectivity index (χ0v) is 9.25. The van der Waals surface area contributed by atoms with Crippen LogP contribution >= 0.6 is 0 Å². The Morgan fingerprint density at radius 3 is 2.23 bits per heavy atom. The SMILES string of the molecule is CCN(CCO)CC(C)(O)C(C)C. The van der Waals surface area contributed by atoms with Gasteiger partial charge < -0.3 is 10.2 Å². The van der Waals surface area contributed by atoms with Gasteiger partial charge in [0, 0.05) is 13.1 Å². The molecule has 0 rings (SSSR count). The Balaban J connectivity index is 4.05. The normalized spacial score (nSPS) is 16.6. The highest BCUT2D eigenvalue weighted by atomic mass is 16.3. The largest absolute Gasteiger partial charge is 0.395 e. The lowest BCUT2D eigenvalue weighted by atomic mass is 9.92. The first-order valence-electron chi connectivity index (χ1n) is 4.99. The summed E-state index contributed by atoms with van der Waals surface area (Å²) in [5.74, 6) is 0.236. The molecule has 80 valence electrons. The average molecular weight is 189 g/mol. The fourth-order valence-electron chi connectivity index (χ4n) is 1.13. The van der Waals surface area contributed by atoms with Gasteiger partial charge in [-0.2, -0.15) is 0 Å². The van der Waals surface area contributed by atoms with Crippen molar-refractivity contribution in [2.24, 2.45) is 5.92 Å². The van der Waals surface area contributed by atoms with Crippen molar-refractivity contribution in [1.29, 1.82) is 0 Å². The summed E-state index contributed by atoms with van der Waals surface area (Å²) in [7, 11) is 0. The van der Waals surface area contributed by atoms with Gasteiger partial charge in [-0.15, -0.1) is 0 Å². The first kappa shape index (κ1) is 12.9. The molecule has 0 aromatic rings. The van der Waals surface area contributed by atoms with E-state index in [-0.39, 0.29) is 12.5 Å². The van der Waals surface area contributed by atoms with Crippen LogP contribution in [-0.4, -0.2) is 47.0 Å². The first-order valence-corrected chi connectivity index (χ1v) is 4.99. The first-order chi connectivity index (χ1) is 5.94. The van der Waals surface area contributed by atoms with Crippen LogP contribution in [0.15, 0.2) is 0 Å². The van der Waals surface area contributed by atoms with Gasteiger partial charge in [0.1, 0.15) is 0 Å². The summed E-state index contributed by atoms with van der Waals surface area (Å²) in [5.41, 5.74) is -0.662. The Labute approximate surface area is 81.4 Å². The molecule has 0 spiro atoms. The number of aliphatic hydroxyl groups excluding tert-OH is 1. The molecule has 0 aliphatic heterocycles. The Kier molecular flexibility index (Phi) is 5.53. The predicted molar refractivity (Wildman–Crippen MR) is 54.7 cm³/mol. The molecule has 0 bridgehead atoms. The van der Waals surface area contributed by atoms with Crippen LogP contribution in [0.4, 0.5) is 0 Å². The average Bonchev–Trinajstić information content (AvgIpc) is 2.03. The second-order valence-electron chi connectivity index (χ2n) is 4.10. The Morgan fingerprint density at radius 1 is 1.38 bits per heavy atom. The summed E-state index contributed by atoms with van der Waals surface area (Å²) >= 11 is 0. The molecule has 0 aliphatic carbocycles. The van der Waals surface area contributed by atoms with Crippen LogP contribution in [0.3, 0.4) is 0 Å². The summed E-state index contributed by atoms with van der Waals surface area (Å²) in [4.78, 5) is 2.06. The van der Waals surface area contributed by atoms with Crippen molar-refractivity contribution < 1.29 is 10.2 Å². The number of hydrogen-bond acceptors (Lipinski definition) is 3. The number of rotatable bonds is 6. The number of likely N-dealkylation sites (N-methyl/N-ethyl adjacent to an activating group) is 1. The molecule has 0 aromatic carbocycles. The lowest BCUT2D eigenvalue weighted by molar-refractivity contribution is -0.0203. The summed E-state index contributed by atoms with van der Waals surface area (Å²) in [6, 6.07) is 0. The predicted octanol–water partition coefficient (Wildman–Crippen LogP) is 0.708. The van der Waals surface area contributed by atoms with E-state index in [4.69, 9.17) is 5.11 Å². The van der Waals surface area contributed by atoms with Crippen molar-refractivity contribution in [3.63, 3.8) is 0 Å². The highest BCUT2D eigenvalue weighted by Crippen LogP contribution is 2.17. The zero-order valence-electron chi connectivity index (χ0n) is 9.25. The summed E-state index contributed by atoms with van der Waals surface area (Å²) in [6.45, 7) is 10.2. The molecule has 3 nitrogen and oxygen atoms in total. The molecular formula is C10H23NO2. The van der Waals surface area contributed by atoms with Gasteiger partial charge in [0.05, 0.1) is 12.2 Å². The van der Waals surface area contributed by atoms with Crippen molar-refractivity contribution in [2.45, 2.75) is 33.3 Å². The quantitative estimate of drug-likeness (QED) is 0.646. The Morgan fingerprint density at radius 2 is 1.92 bits per heavy atom. The molecular weight excluding hydrogens is 166 g/mol. The zero-order chi connectivity index (χ0) is 10.5.